The summed E-state index contributed by atoms with van der Waals surface area (Å²) < 4.78 is 0. The fourth-order valence-corrected chi connectivity index (χ4v) is 2.21. The van der Waals surface area contributed by atoms with E-state index in [4.69, 9.17) is 0 Å². The molecule has 1 nitrogen and oxygen atoms in total. The molecule has 1 atom stereocenters. The van der Waals surface area contributed by atoms with Gasteiger partial charge in [0.05, 0.1) is 0 Å². The van der Waals surface area contributed by atoms with Crippen LogP contribution in [0.25, 0.3) is 0 Å². The van der Waals surface area contributed by atoms with Gasteiger partial charge in [-0.3, -0.25) is 0 Å². The molecule has 52 valence electrons. The predicted molar refractivity (Wildman–Crippen MR) is 38.4 cm³/mol. The van der Waals surface area contributed by atoms with Crippen molar-refractivity contribution in [1.29, 1.82) is 0 Å². The second-order valence-corrected chi connectivity index (χ2v) is 3.50. The summed E-state index contributed by atoms with van der Waals surface area (Å²) in [5.74, 6) is 1.02. The molecule has 0 radical (unpaired) electrons. The zero-order valence-electron chi connectivity index (χ0n) is 6.11. The number of nitrogens with one attached hydrogen (secondary N) is 1. The van der Waals surface area contributed by atoms with E-state index in [1.807, 2.05) is 0 Å². The lowest BCUT2D eigenvalue weighted by Gasteiger charge is -2.57. The summed E-state index contributed by atoms with van der Waals surface area (Å²) in [5, 5.41) is 3.56. The summed E-state index contributed by atoms with van der Waals surface area (Å²) in [7, 11) is 0. The second-order valence-electron chi connectivity index (χ2n) is 3.50. The Morgan fingerprint density at radius 1 is 1.56 bits per heavy atom. The van der Waals surface area contributed by atoms with Gasteiger partial charge in [0.25, 0.3) is 0 Å². The average molecular weight is 125 g/mol. The molecule has 0 bridgehead atoms. The molecule has 0 aromatic heterocycles. The molecule has 1 aliphatic heterocycles. The lowest BCUT2D eigenvalue weighted by molar-refractivity contribution is 0.0177. The maximum Gasteiger partial charge on any atom is 0.0221 e. The largest absolute Gasteiger partial charge is 0.311 e. The second kappa shape index (κ2) is 1.72. The lowest BCUT2D eigenvalue weighted by atomic mass is 9.62. The van der Waals surface area contributed by atoms with Crippen LogP contribution in [0.5, 0.6) is 0 Å². The van der Waals surface area contributed by atoms with E-state index in [2.05, 4.69) is 12.2 Å². The van der Waals surface area contributed by atoms with Crippen molar-refractivity contribution in [2.24, 2.45) is 5.92 Å². The minimum Gasteiger partial charge on any atom is -0.311 e. The van der Waals surface area contributed by atoms with E-state index in [0.29, 0.717) is 5.54 Å². The van der Waals surface area contributed by atoms with Crippen LogP contribution in [0.1, 0.15) is 32.6 Å². The van der Waals surface area contributed by atoms with Gasteiger partial charge in [0.15, 0.2) is 0 Å². The molecule has 1 unspecified atom stereocenters. The van der Waals surface area contributed by atoms with Crippen LogP contribution < -0.4 is 5.32 Å². The number of rotatable bonds is 1. The summed E-state index contributed by atoms with van der Waals surface area (Å²) in [4.78, 5) is 0. The van der Waals surface area contributed by atoms with Crippen molar-refractivity contribution < 1.29 is 0 Å². The molecule has 2 rings (SSSR count). The fraction of sp³-hybridized carbons (Fsp3) is 1.00. The average Bonchev–Trinajstić information content (AvgIpc) is 1.59. The molecule has 9 heavy (non-hydrogen) atoms. The predicted octanol–water partition coefficient (Wildman–Crippen LogP) is 1.54. The van der Waals surface area contributed by atoms with Crippen molar-refractivity contribution in [3.63, 3.8) is 0 Å². The third-order valence-electron chi connectivity index (χ3n) is 3.22. The van der Waals surface area contributed by atoms with E-state index >= 15 is 0 Å². The summed E-state index contributed by atoms with van der Waals surface area (Å²) in [5.41, 5.74) is 0.661. The Balaban J connectivity index is 1.97. The smallest absolute Gasteiger partial charge is 0.0221 e. The number of hydrogen-bond donors (Lipinski definition) is 1. The molecular formula is C8H15N. The molecule has 1 heteroatoms. The van der Waals surface area contributed by atoms with E-state index < -0.39 is 0 Å². The SMILES string of the molecule is CCC1CNC12CCC2. The monoisotopic (exact) mass is 125 g/mol. The van der Waals surface area contributed by atoms with Crippen molar-refractivity contribution in [2.75, 3.05) is 6.54 Å². The van der Waals surface area contributed by atoms with Gasteiger partial charge in [-0.2, -0.15) is 0 Å². The third-order valence-corrected chi connectivity index (χ3v) is 3.22. The molecule has 1 spiro atoms. The summed E-state index contributed by atoms with van der Waals surface area (Å²) >= 11 is 0. The molecule has 0 aromatic rings. The Morgan fingerprint density at radius 2 is 2.33 bits per heavy atom. The first-order valence-electron chi connectivity index (χ1n) is 4.12. The van der Waals surface area contributed by atoms with Gasteiger partial charge in [-0.05, 0) is 25.2 Å². The van der Waals surface area contributed by atoms with Crippen LogP contribution in [0.3, 0.4) is 0 Å². The van der Waals surface area contributed by atoms with Gasteiger partial charge >= 0.3 is 0 Å². The molecular weight excluding hydrogens is 110 g/mol. The highest BCUT2D eigenvalue weighted by atomic mass is 15.1. The van der Waals surface area contributed by atoms with Gasteiger partial charge < -0.3 is 5.32 Å². The van der Waals surface area contributed by atoms with E-state index in [9.17, 15) is 0 Å². The highest BCUT2D eigenvalue weighted by Crippen LogP contribution is 2.44. The molecule has 1 heterocycles. The Kier molecular flexibility index (Phi) is 1.10. The zero-order valence-corrected chi connectivity index (χ0v) is 6.11. The fourth-order valence-electron chi connectivity index (χ4n) is 2.21. The van der Waals surface area contributed by atoms with Crippen LogP contribution in [0.4, 0.5) is 0 Å². The minimum absolute atomic E-state index is 0.661. The standard InChI is InChI=1S/C8H15N/c1-2-7-6-9-8(7)4-3-5-8/h7,9H,2-6H2,1H3. The van der Waals surface area contributed by atoms with E-state index in [1.54, 1.807) is 0 Å². The summed E-state index contributed by atoms with van der Waals surface area (Å²) in [6.07, 6.45) is 5.74. The van der Waals surface area contributed by atoms with Crippen molar-refractivity contribution in [3.8, 4) is 0 Å². The highest BCUT2D eigenvalue weighted by molar-refractivity contribution is 5.08. The van der Waals surface area contributed by atoms with E-state index in [-0.39, 0.29) is 0 Å². The van der Waals surface area contributed by atoms with Gasteiger partial charge in [-0.25, -0.2) is 0 Å². The normalized spacial score (nSPS) is 37.7. The van der Waals surface area contributed by atoms with E-state index in [1.165, 1.54) is 32.2 Å². The maximum atomic E-state index is 3.56. The van der Waals surface area contributed by atoms with Gasteiger partial charge in [-0.15, -0.1) is 0 Å². The molecule has 1 N–H and O–H groups in total. The van der Waals surface area contributed by atoms with Gasteiger partial charge in [-0.1, -0.05) is 13.3 Å². The topological polar surface area (TPSA) is 12.0 Å². The molecule has 2 aliphatic rings. The van der Waals surface area contributed by atoms with Gasteiger partial charge in [0.2, 0.25) is 0 Å². The molecule has 1 aliphatic carbocycles. The Bertz CT molecular complexity index is 108. The third kappa shape index (κ3) is 0.586. The molecule has 0 aromatic carbocycles. The Hall–Kier alpha value is -0.0400. The molecule has 1 saturated heterocycles. The van der Waals surface area contributed by atoms with Crippen LogP contribution in [-0.4, -0.2) is 12.1 Å². The highest BCUT2D eigenvalue weighted by Gasteiger charge is 2.48. The van der Waals surface area contributed by atoms with Crippen LogP contribution in [0.15, 0.2) is 0 Å². The first-order valence-corrected chi connectivity index (χ1v) is 4.12. The van der Waals surface area contributed by atoms with Crippen LogP contribution in [-0.2, 0) is 0 Å². The lowest BCUT2D eigenvalue weighted by Crippen LogP contribution is -2.68. The molecule has 2 fully saturated rings. The Labute approximate surface area is 56.8 Å². The van der Waals surface area contributed by atoms with Gasteiger partial charge in [0, 0.05) is 12.1 Å². The Morgan fingerprint density at radius 3 is 2.44 bits per heavy atom. The van der Waals surface area contributed by atoms with Crippen molar-refractivity contribution in [3.05, 3.63) is 0 Å². The van der Waals surface area contributed by atoms with Crippen LogP contribution >= 0.6 is 0 Å². The first-order chi connectivity index (χ1) is 4.37. The molecule has 0 amide bonds. The van der Waals surface area contributed by atoms with Crippen molar-refractivity contribution >= 4 is 0 Å². The number of hydrogen-bond acceptors (Lipinski definition) is 1. The van der Waals surface area contributed by atoms with Gasteiger partial charge in [0.1, 0.15) is 0 Å². The minimum atomic E-state index is 0.661. The van der Waals surface area contributed by atoms with Crippen LogP contribution in [0.2, 0.25) is 0 Å². The van der Waals surface area contributed by atoms with E-state index in [0.717, 1.165) is 5.92 Å². The molecule has 1 saturated carbocycles. The maximum absolute atomic E-state index is 3.56. The van der Waals surface area contributed by atoms with Crippen LogP contribution in [0, 0.1) is 5.92 Å². The van der Waals surface area contributed by atoms with Crippen molar-refractivity contribution in [2.45, 2.75) is 38.1 Å². The summed E-state index contributed by atoms with van der Waals surface area (Å²) in [6.45, 7) is 3.60. The zero-order chi connectivity index (χ0) is 6.32. The summed E-state index contributed by atoms with van der Waals surface area (Å²) in [6, 6.07) is 0. The first kappa shape index (κ1) is 5.72. The van der Waals surface area contributed by atoms with Crippen molar-refractivity contribution in [1.82, 2.24) is 5.32 Å². The quantitative estimate of drug-likeness (QED) is 0.560.